The molecule has 0 aromatic carbocycles. The van der Waals surface area contributed by atoms with E-state index in [0.717, 1.165) is 54.4 Å². The van der Waals surface area contributed by atoms with Crippen LogP contribution in [0.25, 0.3) is 10.2 Å². The third kappa shape index (κ3) is 3.23. The molecular formula is C19H23N7S. The first-order valence-corrected chi connectivity index (χ1v) is 10.1. The smallest absolute Gasteiger partial charge is 0.163 e. The third-order valence-electron chi connectivity index (χ3n) is 5.17. The zero-order chi connectivity index (χ0) is 19.0. The van der Waals surface area contributed by atoms with Gasteiger partial charge in [0.1, 0.15) is 28.1 Å². The number of nitrogens with two attached hydrogens (primary N) is 1. The molecule has 140 valence electrons. The number of nitrogen functional groups attached to an aromatic ring is 1. The van der Waals surface area contributed by atoms with E-state index in [1.54, 1.807) is 0 Å². The maximum Gasteiger partial charge on any atom is 0.163 e. The van der Waals surface area contributed by atoms with Crippen LogP contribution in [0.1, 0.15) is 46.8 Å². The molecule has 0 unspecified atom stereocenters. The van der Waals surface area contributed by atoms with E-state index in [4.69, 9.17) is 15.7 Å². The number of aryl methyl sites for hydroxylation is 4. The number of fused-ring (bicyclic) bond motifs is 3. The van der Waals surface area contributed by atoms with Crippen LogP contribution in [0.3, 0.4) is 0 Å². The molecule has 0 fully saturated rings. The Balaban J connectivity index is 1.56. The fraction of sp³-hybridized carbons (Fsp3) is 0.474. The SMILES string of the molecule is Cc1nc(N(C)CCCc2[nH]nc(N)c2C#N)c2c3c(sc2n1)CCCC3. The van der Waals surface area contributed by atoms with Crippen LogP contribution in [0.15, 0.2) is 0 Å². The van der Waals surface area contributed by atoms with E-state index in [9.17, 15) is 5.26 Å². The minimum atomic E-state index is 0.277. The highest BCUT2D eigenvalue weighted by Crippen LogP contribution is 2.39. The highest BCUT2D eigenvalue weighted by atomic mass is 32.1. The van der Waals surface area contributed by atoms with Crippen molar-refractivity contribution in [3.63, 3.8) is 0 Å². The normalized spacial score (nSPS) is 13.5. The second-order valence-corrected chi connectivity index (χ2v) is 8.17. The van der Waals surface area contributed by atoms with Crippen LogP contribution in [-0.4, -0.2) is 33.8 Å². The number of hydrogen-bond acceptors (Lipinski definition) is 7. The molecule has 0 saturated carbocycles. The molecule has 1 aliphatic carbocycles. The van der Waals surface area contributed by atoms with Crippen LogP contribution >= 0.6 is 11.3 Å². The summed E-state index contributed by atoms with van der Waals surface area (Å²) in [4.78, 5) is 14.3. The number of aromatic amines is 1. The van der Waals surface area contributed by atoms with Crippen LogP contribution in [0.2, 0.25) is 0 Å². The minimum Gasteiger partial charge on any atom is -0.381 e. The van der Waals surface area contributed by atoms with Crippen molar-refractivity contribution in [2.75, 3.05) is 24.2 Å². The molecule has 3 aromatic heterocycles. The van der Waals surface area contributed by atoms with Gasteiger partial charge in [0.15, 0.2) is 5.82 Å². The monoisotopic (exact) mass is 381 g/mol. The number of nitrogens with zero attached hydrogens (tertiary/aromatic N) is 5. The van der Waals surface area contributed by atoms with E-state index in [1.165, 1.54) is 28.7 Å². The van der Waals surface area contributed by atoms with Crippen molar-refractivity contribution in [1.29, 1.82) is 5.26 Å². The van der Waals surface area contributed by atoms with Crippen LogP contribution in [-0.2, 0) is 19.3 Å². The van der Waals surface area contributed by atoms with Crippen LogP contribution in [0.5, 0.6) is 0 Å². The van der Waals surface area contributed by atoms with Crippen molar-refractivity contribution in [2.24, 2.45) is 0 Å². The molecule has 0 atom stereocenters. The maximum atomic E-state index is 9.20. The Labute approximate surface area is 162 Å². The van der Waals surface area contributed by atoms with Crippen molar-refractivity contribution in [1.82, 2.24) is 20.2 Å². The Hall–Kier alpha value is -2.66. The maximum absolute atomic E-state index is 9.20. The number of thiophene rings is 1. The fourth-order valence-electron chi connectivity index (χ4n) is 3.82. The Kier molecular flexibility index (Phi) is 4.70. The van der Waals surface area contributed by atoms with Crippen molar-refractivity contribution in [3.8, 4) is 6.07 Å². The molecule has 4 rings (SSSR count). The lowest BCUT2D eigenvalue weighted by Crippen LogP contribution is -2.21. The zero-order valence-corrected chi connectivity index (χ0v) is 16.5. The summed E-state index contributed by atoms with van der Waals surface area (Å²) in [7, 11) is 2.08. The van der Waals surface area contributed by atoms with Crippen molar-refractivity contribution < 1.29 is 0 Å². The molecule has 0 amide bonds. The molecule has 0 radical (unpaired) electrons. The van der Waals surface area contributed by atoms with Gasteiger partial charge in [0.05, 0.1) is 11.1 Å². The molecule has 27 heavy (non-hydrogen) atoms. The van der Waals surface area contributed by atoms with E-state index < -0.39 is 0 Å². The summed E-state index contributed by atoms with van der Waals surface area (Å²) in [6.07, 6.45) is 6.41. The Morgan fingerprint density at radius 2 is 2.11 bits per heavy atom. The van der Waals surface area contributed by atoms with E-state index in [2.05, 4.69) is 28.2 Å². The first-order valence-electron chi connectivity index (χ1n) is 9.31. The summed E-state index contributed by atoms with van der Waals surface area (Å²) in [5, 5.41) is 17.2. The Bertz CT molecular complexity index is 1030. The molecule has 3 heterocycles. The van der Waals surface area contributed by atoms with E-state index >= 15 is 0 Å². The molecule has 0 spiro atoms. The molecule has 0 saturated heterocycles. The van der Waals surface area contributed by atoms with Gasteiger partial charge in [0.25, 0.3) is 0 Å². The Morgan fingerprint density at radius 1 is 1.30 bits per heavy atom. The average Bonchev–Trinajstić information content (AvgIpc) is 3.20. The number of anilines is 2. The zero-order valence-electron chi connectivity index (χ0n) is 15.7. The van der Waals surface area contributed by atoms with Gasteiger partial charge in [-0.1, -0.05) is 0 Å². The molecule has 0 bridgehead atoms. The van der Waals surface area contributed by atoms with Crippen LogP contribution < -0.4 is 10.6 Å². The largest absolute Gasteiger partial charge is 0.381 e. The second kappa shape index (κ2) is 7.16. The molecule has 0 aliphatic heterocycles. The number of H-pyrrole nitrogens is 1. The Morgan fingerprint density at radius 3 is 2.93 bits per heavy atom. The predicted octanol–water partition coefficient (Wildman–Crippen LogP) is 3.12. The van der Waals surface area contributed by atoms with Crippen LogP contribution in [0.4, 0.5) is 11.6 Å². The summed E-state index contributed by atoms with van der Waals surface area (Å²) in [6.45, 7) is 2.79. The lowest BCUT2D eigenvalue weighted by molar-refractivity contribution is 0.699. The number of hydrogen-bond donors (Lipinski definition) is 2. The first kappa shape index (κ1) is 17.7. The summed E-state index contributed by atoms with van der Waals surface area (Å²) < 4.78 is 0. The second-order valence-electron chi connectivity index (χ2n) is 7.08. The van der Waals surface area contributed by atoms with Crippen LogP contribution in [0, 0.1) is 18.3 Å². The average molecular weight is 382 g/mol. The van der Waals surface area contributed by atoms with Gasteiger partial charge < -0.3 is 10.6 Å². The van der Waals surface area contributed by atoms with Gasteiger partial charge in [-0.05, 0) is 51.0 Å². The fourth-order valence-corrected chi connectivity index (χ4v) is 5.12. The van der Waals surface area contributed by atoms with Crippen molar-refractivity contribution >= 4 is 33.2 Å². The summed E-state index contributed by atoms with van der Waals surface area (Å²) in [5.41, 5.74) is 8.44. The van der Waals surface area contributed by atoms with Crippen molar-refractivity contribution in [3.05, 3.63) is 27.5 Å². The molecule has 1 aliphatic rings. The van der Waals surface area contributed by atoms with Gasteiger partial charge in [-0.15, -0.1) is 11.3 Å². The lowest BCUT2D eigenvalue weighted by atomic mass is 9.97. The third-order valence-corrected chi connectivity index (χ3v) is 6.36. The quantitative estimate of drug-likeness (QED) is 0.703. The van der Waals surface area contributed by atoms with E-state index in [1.807, 2.05) is 18.3 Å². The number of nitriles is 1. The molecule has 3 aromatic rings. The van der Waals surface area contributed by atoms with Gasteiger partial charge in [0, 0.05) is 18.5 Å². The molecule has 3 N–H and O–H groups in total. The molecule has 7 nitrogen and oxygen atoms in total. The lowest BCUT2D eigenvalue weighted by Gasteiger charge is -2.20. The number of rotatable bonds is 5. The first-order chi connectivity index (χ1) is 13.1. The molecular weight excluding hydrogens is 358 g/mol. The molecule has 8 heteroatoms. The summed E-state index contributed by atoms with van der Waals surface area (Å²) in [5.74, 6) is 2.12. The summed E-state index contributed by atoms with van der Waals surface area (Å²) >= 11 is 1.83. The number of nitrogens with one attached hydrogen (secondary N) is 1. The van der Waals surface area contributed by atoms with Gasteiger partial charge in [0.2, 0.25) is 0 Å². The van der Waals surface area contributed by atoms with Gasteiger partial charge in [-0.2, -0.15) is 10.4 Å². The van der Waals surface area contributed by atoms with Gasteiger partial charge >= 0.3 is 0 Å². The van der Waals surface area contributed by atoms with Gasteiger partial charge in [-0.25, -0.2) is 9.97 Å². The number of aromatic nitrogens is 4. The van der Waals surface area contributed by atoms with E-state index in [0.29, 0.717) is 5.56 Å². The summed E-state index contributed by atoms with van der Waals surface area (Å²) in [6, 6.07) is 2.12. The topological polar surface area (TPSA) is 108 Å². The van der Waals surface area contributed by atoms with E-state index in [-0.39, 0.29) is 5.82 Å². The standard InChI is InChI=1S/C19H23N7S/c1-11-22-18(16-12-6-3-4-8-15(12)27-19(16)23-11)26(2)9-5-7-14-13(10-20)17(21)25-24-14/h3-9H2,1-2H3,(H3,21,24,25). The van der Waals surface area contributed by atoms with Gasteiger partial charge in [-0.3, -0.25) is 5.10 Å². The van der Waals surface area contributed by atoms with Crippen molar-refractivity contribution in [2.45, 2.75) is 45.4 Å². The highest BCUT2D eigenvalue weighted by molar-refractivity contribution is 7.19. The highest BCUT2D eigenvalue weighted by Gasteiger charge is 2.22. The predicted molar refractivity (Wildman–Crippen MR) is 108 cm³/mol. The minimum absolute atomic E-state index is 0.277.